The van der Waals surface area contributed by atoms with Crippen molar-refractivity contribution in [1.29, 1.82) is 0 Å². The lowest BCUT2D eigenvalue weighted by atomic mass is 9.81. The van der Waals surface area contributed by atoms with Gasteiger partial charge in [-0.15, -0.1) is 0 Å². The number of aromatic nitrogens is 2. The van der Waals surface area contributed by atoms with E-state index in [1.54, 1.807) is 0 Å². The summed E-state index contributed by atoms with van der Waals surface area (Å²) in [6.07, 6.45) is 11.5. The fraction of sp³-hybridized carbons (Fsp3) is 0.762. The first-order valence-corrected chi connectivity index (χ1v) is 10.7. The lowest BCUT2D eigenvalue weighted by molar-refractivity contribution is -0.131. The number of rotatable bonds is 5. The van der Waals surface area contributed by atoms with Gasteiger partial charge in [0.05, 0.1) is 12.2 Å². The second-order valence-electron chi connectivity index (χ2n) is 8.70. The molecule has 0 radical (unpaired) electrons. The Morgan fingerprint density at radius 3 is 2.78 bits per heavy atom. The fourth-order valence-electron chi connectivity index (χ4n) is 5.23. The molecular formula is C21H32N4O2. The van der Waals surface area contributed by atoms with E-state index < -0.39 is 0 Å². The second-order valence-corrected chi connectivity index (χ2v) is 8.70. The van der Waals surface area contributed by atoms with Crippen LogP contribution in [0.15, 0.2) is 6.20 Å². The molecular weight excluding hydrogens is 340 g/mol. The van der Waals surface area contributed by atoms with E-state index in [0.29, 0.717) is 36.8 Å². The summed E-state index contributed by atoms with van der Waals surface area (Å²) in [5, 5.41) is 7.66. The molecule has 1 aliphatic heterocycles. The Morgan fingerprint density at radius 2 is 2.00 bits per heavy atom. The van der Waals surface area contributed by atoms with Crippen LogP contribution >= 0.6 is 0 Å². The second kappa shape index (κ2) is 8.03. The molecule has 1 aromatic rings. The van der Waals surface area contributed by atoms with Crippen LogP contribution in [0.1, 0.15) is 69.0 Å². The summed E-state index contributed by atoms with van der Waals surface area (Å²) in [6, 6.07) is 0. The molecule has 2 heterocycles. The summed E-state index contributed by atoms with van der Waals surface area (Å²) < 4.78 is 1.97. The lowest BCUT2D eigenvalue weighted by Gasteiger charge is -2.24. The molecule has 2 amide bonds. The molecule has 2 fully saturated rings. The summed E-state index contributed by atoms with van der Waals surface area (Å²) in [6.45, 7) is 4.60. The standard InChI is InChI=1S/C21H32N4O2/c1-15(26)22-9-10-25-13-18-8-7-17-12-24(14-19(17)21(18)23-25)20(27)11-16-5-3-2-4-6-16/h13,16-17,19H,2-12,14H2,1H3,(H,22,26)/t17-,19+/m1/s1. The number of carbonyl (C=O) groups excluding carboxylic acids is 2. The van der Waals surface area contributed by atoms with Gasteiger partial charge < -0.3 is 10.2 Å². The molecule has 2 aliphatic carbocycles. The Morgan fingerprint density at radius 1 is 1.19 bits per heavy atom. The number of aryl methyl sites for hydroxylation is 1. The molecule has 1 aromatic heterocycles. The molecule has 6 heteroatoms. The molecule has 0 unspecified atom stereocenters. The Hall–Kier alpha value is -1.85. The molecule has 148 valence electrons. The fourth-order valence-corrected chi connectivity index (χ4v) is 5.23. The number of amides is 2. The largest absolute Gasteiger partial charge is 0.354 e. The Bertz CT molecular complexity index is 692. The van der Waals surface area contributed by atoms with Gasteiger partial charge in [-0.2, -0.15) is 5.10 Å². The minimum atomic E-state index is -0.00473. The van der Waals surface area contributed by atoms with Gasteiger partial charge in [-0.25, -0.2) is 0 Å². The zero-order valence-electron chi connectivity index (χ0n) is 16.5. The van der Waals surface area contributed by atoms with Crippen molar-refractivity contribution in [1.82, 2.24) is 20.0 Å². The number of hydrogen-bond acceptors (Lipinski definition) is 3. The average molecular weight is 373 g/mol. The van der Waals surface area contributed by atoms with Crippen LogP contribution in [0.3, 0.4) is 0 Å². The number of hydrogen-bond donors (Lipinski definition) is 1. The maximum Gasteiger partial charge on any atom is 0.222 e. The number of nitrogens with one attached hydrogen (secondary N) is 1. The monoisotopic (exact) mass is 372 g/mol. The number of fused-ring (bicyclic) bond motifs is 3. The molecule has 0 spiro atoms. The van der Waals surface area contributed by atoms with Gasteiger partial charge in [0, 0.05) is 45.1 Å². The smallest absolute Gasteiger partial charge is 0.222 e. The van der Waals surface area contributed by atoms with Crippen molar-refractivity contribution in [3.05, 3.63) is 17.5 Å². The van der Waals surface area contributed by atoms with Gasteiger partial charge in [-0.3, -0.25) is 14.3 Å². The average Bonchev–Trinajstić information content (AvgIpc) is 3.25. The minimum Gasteiger partial charge on any atom is -0.354 e. The van der Waals surface area contributed by atoms with Crippen LogP contribution in [0.5, 0.6) is 0 Å². The minimum absolute atomic E-state index is 0.00473. The SMILES string of the molecule is CC(=O)NCCn1cc2c(n1)[C@H]1CN(C(=O)CC3CCCCC3)C[C@H]1CC2. The van der Waals surface area contributed by atoms with Crippen LogP contribution in [0.25, 0.3) is 0 Å². The molecule has 1 saturated carbocycles. The summed E-state index contributed by atoms with van der Waals surface area (Å²) in [7, 11) is 0. The molecule has 3 aliphatic rings. The molecule has 0 aromatic carbocycles. The molecule has 4 rings (SSSR count). The van der Waals surface area contributed by atoms with Crippen molar-refractivity contribution in [2.45, 2.75) is 70.8 Å². The molecule has 1 N–H and O–H groups in total. The third-order valence-corrected chi connectivity index (χ3v) is 6.70. The highest BCUT2D eigenvalue weighted by molar-refractivity contribution is 5.77. The first-order valence-electron chi connectivity index (χ1n) is 10.7. The van der Waals surface area contributed by atoms with E-state index in [9.17, 15) is 9.59 Å². The zero-order chi connectivity index (χ0) is 18.8. The highest BCUT2D eigenvalue weighted by atomic mass is 16.2. The van der Waals surface area contributed by atoms with Crippen LogP contribution in [0.2, 0.25) is 0 Å². The predicted octanol–water partition coefficient (Wildman–Crippen LogP) is 2.48. The van der Waals surface area contributed by atoms with Crippen LogP contribution in [0.4, 0.5) is 0 Å². The third kappa shape index (κ3) is 4.19. The van der Waals surface area contributed by atoms with Gasteiger partial charge in [-0.05, 0) is 43.1 Å². The topological polar surface area (TPSA) is 67.2 Å². The van der Waals surface area contributed by atoms with Crippen LogP contribution in [-0.4, -0.2) is 46.1 Å². The number of nitrogens with zero attached hydrogens (tertiary/aromatic N) is 3. The van der Waals surface area contributed by atoms with Crippen LogP contribution < -0.4 is 5.32 Å². The van der Waals surface area contributed by atoms with Crippen LogP contribution in [0, 0.1) is 11.8 Å². The zero-order valence-corrected chi connectivity index (χ0v) is 16.5. The maximum atomic E-state index is 12.8. The van der Waals surface area contributed by atoms with Gasteiger partial charge in [-0.1, -0.05) is 19.3 Å². The number of carbonyl (C=O) groups is 2. The van der Waals surface area contributed by atoms with Gasteiger partial charge in [0.15, 0.2) is 0 Å². The molecule has 1 saturated heterocycles. The highest BCUT2D eigenvalue weighted by Gasteiger charge is 2.41. The van der Waals surface area contributed by atoms with Gasteiger partial charge in [0.1, 0.15) is 0 Å². The van der Waals surface area contributed by atoms with E-state index in [1.165, 1.54) is 50.3 Å². The summed E-state index contributed by atoms with van der Waals surface area (Å²) in [5.41, 5.74) is 2.53. The van der Waals surface area contributed by atoms with E-state index in [0.717, 1.165) is 32.4 Å². The van der Waals surface area contributed by atoms with Gasteiger partial charge in [0.25, 0.3) is 0 Å². The highest BCUT2D eigenvalue weighted by Crippen LogP contribution is 2.41. The Kier molecular flexibility index (Phi) is 5.50. The summed E-state index contributed by atoms with van der Waals surface area (Å²) in [5.74, 6) is 1.92. The first-order chi connectivity index (χ1) is 13.1. The molecule has 2 atom stereocenters. The van der Waals surface area contributed by atoms with Crippen molar-refractivity contribution in [2.75, 3.05) is 19.6 Å². The van der Waals surface area contributed by atoms with Gasteiger partial charge >= 0.3 is 0 Å². The van der Waals surface area contributed by atoms with E-state index in [-0.39, 0.29) is 5.91 Å². The van der Waals surface area contributed by atoms with Crippen molar-refractivity contribution in [2.24, 2.45) is 11.8 Å². The number of likely N-dealkylation sites (tertiary alicyclic amines) is 1. The summed E-state index contributed by atoms with van der Waals surface area (Å²) in [4.78, 5) is 26.0. The predicted molar refractivity (Wildman–Crippen MR) is 103 cm³/mol. The third-order valence-electron chi connectivity index (χ3n) is 6.70. The van der Waals surface area contributed by atoms with Gasteiger partial charge in [0.2, 0.25) is 11.8 Å². The van der Waals surface area contributed by atoms with E-state index in [4.69, 9.17) is 5.10 Å². The summed E-state index contributed by atoms with van der Waals surface area (Å²) >= 11 is 0. The molecule has 6 nitrogen and oxygen atoms in total. The van der Waals surface area contributed by atoms with Crippen molar-refractivity contribution < 1.29 is 9.59 Å². The quantitative estimate of drug-likeness (QED) is 0.863. The maximum absolute atomic E-state index is 12.8. The van der Waals surface area contributed by atoms with Crippen molar-refractivity contribution in [3.63, 3.8) is 0 Å². The van der Waals surface area contributed by atoms with E-state index >= 15 is 0 Å². The van der Waals surface area contributed by atoms with Crippen molar-refractivity contribution >= 4 is 11.8 Å². The van der Waals surface area contributed by atoms with Crippen LogP contribution in [-0.2, 0) is 22.6 Å². The first kappa shape index (κ1) is 18.5. The lowest BCUT2D eigenvalue weighted by Crippen LogP contribution is -2.31. The van der Waals surface area contributed by atoms with Crippen molar-refractivity contribution in [3.8, 4) is 0 Å². The van der Waals surface area contributed by atoms with E-state index in [2.05, 4.69) is 16.4 Å². The van der Waals surface area contributed by atoms with E-state index in [1.807, 2.05) is 4.68 Å². The normalized spacial score (nSPS) is 25.1. The Labute approximate surface area is 161 Å². The molecule has 27 heavy (non-hydrogen) atoms. The Balaban J connectivity index is 1.37. The molecule has 0 bridgehead atoms.